The van der Waals surface area contributed by atoms with E-state index in [0.29, 0.717) is 18.4 Å². The first kappa shape index (κ1) is 31.2. The summed E-state index contributed by atoms with van der Waals surface area (Å²) in [6.45, 7) is 0.898. The predicted octanol–water partition coefficient (Wildman–Crippen LogP) is -1.32. The van der Waals surface area contributed by atoms with Crippen LogP contribution in [0.5, 0.6) is 0 Å². The molecule has 0 radical (unpaired) electrons. The van der Waals surface area contributed by atoms with Crippen molar-refractivity contribution in [2.24, 2.45) is 0 Å². The van der Waals surface area contributed by atoms with Crippen LogP contribution in [-0.4, -0.2) is 128 Å². The minimum atomic E-state index is -1.62. The summed E-state index contributed by atoms with van der Waals surface area (Å²) in [6.07, 6.45) is -13.8. The third-order valence-corrected chi connectivity index (χ3v) is 7.75. The fourth-order valence-corrected chi connectivity index (χ4v) is 5.38. The first-order valence-electron chi connectivity index (χ1n) is 13.7. The number of carboxylic acids is 1. The molecule has 3 fully saturated rings. The molecule has 0 bridgehead atoms. The van der Waals surface area contributed by atoms with Crippen LogP contribution >= 0.6 is 0 Å². The summed E-state index contributed by atoms with van der Waals surface area (Å²) in [5.74, 6) is -1.29. The summed E-state index contributed by atoms with van der Waals surface area (Å²) in [6, 6.07) is 8.75. The van der Waals surface area contributed by atoms with E-state index in [4.69, 9.17) is 23.7 Å². The van der Waals surface area contributed by atoms with Crippen molar-refractivity contribution in [2.75, 3.05) is 6.61 Å². The molecular formula is C27H40O13. The zero-order valence-corrected chi connectivity index (χ0v) is 22.2. The van der Waals surface area contributed by atoms with Crippen molar-refractivity contribution in [1.29, 1.82) is 0 Å². The average Bonchev–Trinajstić information content (AvgIpc) is 2.95. The van der Waals surface area contributed by atoms with Crippen molar-refractivity contribution in [1.82, 2.24) is 0 Å². The standard InChI is InChI=1S/C27H40O13/c1-13-19(29)21(31)22(32)26(36-13)38-15-9-5-6-10-16(15)39-27-23(33)24(20(30)18(12-28)40-27)37-17(25(34)35)11-14-7-3-2-4-8-14/h2-4,7-8,13,15-24,26-33H,5-6,9-12H2,1H3,(H,34,35)/t13-,15+,16+,17-,18-,19+,20-,21-,22-,23-,24-,26-,27+/m0/s1. The Labute approximate surface area is 231 Å². The van der Waals surface area contributed by atoms with Crippen LogP contribution in [0.4, 0.5) is 0 Å². The molecule has 13 atom stereocenters. The average molecular weight is 573 g/mol. The summed E-state index contributed by atoms with van der Waals surface area (Å²) in [7, 11) is 0. The maximum Gasteiger partial charge on any atom is 0.333 e. The largest absolute Gasteiger partial charge is 0.479 e. The topological polar surface area (TPSA) is 205 Å². The van der Waals surface area contributed by atoms with E-state index in [1.54, 1.807) is 37.3 Å². The molecule has 3 aliphatic rings. The van der Waals surface area contributed by atoms with Crippen LogP contribution in [0, 0.1) is 0 Å². The molecular weight excluding hydrogens is 532 g/mol. The molecule has 0 spiro atoms. The molecule has 13 heteroatoms. The normalized spacial score (nSPS) is 41.4. The van der Waals surface area contributed by atoms with Gasteiger partial charge in [-0.25, -0.2) is 4.79 Å². The first-order chi connectivity index (χ1) is 19.1. The highest BCUT2D eigenvalue weighted by atomic mass is 16.7. The van der Waals surface area contributed by atoms with E-state index in [9.17, 15) is 40.5 Å². The van der Waals surface area contributed by atoms with Crippen LogP contribution in [-0.2, 0) is 34.9 Å². The SMILES string of the molecule is C[C@@H]1O[C@@H](O[C@@H]2CCCC[C@H]2O[C@@H]2O[C@@H](CO)[C@H](O)[C@H](O[C@@H](Cc3ccccc3)C(=O)O)[C@@H]2O)[C@@H](O)[C@@H](O)[C@@H]1O. The highest BCUT2D eigenvalue weighted by Gasteiger charge is 2.49. The molecule has 2 aliphatic heterocycles. The van der Waals surface area contributed by atoms with Crippen LogP contribution in [0.25, 0.3) is 0 Å². The number of aliphatic hydroxyl groups excluding tert-OH is 6. The van der Waals surface area contributed by atoms with Gasteiger partial charge in [0.1, 0.15) is 42.7 Å². The number of ether oxygens (including phenoxy) is 5. The van der Waals surface area contributed by atoms with Crippen molar-refractivity contribution in [3.05, 3.63) is 35.9 Å². The van der Waals surface area contributed by atoms with E-state index in [1.165, 1.54) is 0 Å². The van der Waals surface area contributed by atoms with Gasteiger partial charge in [0.25, 0.3) is 0 Å². The molecule has 13 nitrogen and oxygen atoms in total. The molecule has 1 aromatic rings. The van der Waals surface area contributed by atoms with Crippen molar-refractivity contribution >= 4 is 5.97 Å². The molecule has 0 amide bonds. The molecule has 7 N–H and O–H groups in total. The number of hydrogen-bond acceptors (Lipinski definition) is 12. The summed E-state index contributed by atoms with van der Waals surface area (Å²) in [5.41, 5.74) is 0.679. The summed E-state index contributed by atoms with van der Waals surface area (Å²) >= 11 is 0. The second-order valence-corrected chi connectivity index (χ2v) is 10.6. The lowest BCUT2D eigenvalue weighted by atomic mass is 9.93. The van der Waals surface area contributed by atoms with Crippen LogP contribution in [0.15, 0.2) is 30.3 Å². The van der Waals surface area contributed by atoms with Gasteiger partial charge in [-0.15, -0.1) is 0 Å². The molecule has 0 aromatic heterocycles. The van der Waals surface area contributed by atoms with Crippen molar-refractivity contribution in [3.8, 4) is 0 Å². The highest BCUT2D eigenvalue weighted by molar-refractivity contribution is 5.72. The van der Waals surface area contributed by atoms with Gasteiger partial charge in [0, 0.05) is 6.42 Å². The molecule has 2 heterocycles. The van der Waals surface area contributed by atoms with E-state index in [2.05, 4.69) is 0 Å². The van der Waals surface area contributed by atoms with E-state index in [1.807, 2.05) is 0 Å². The molecule has 1 saturated carbocycles. The Balaban J connectivity index is 1.46. The van der Waals surface area contributed by atoms with Crippen LogP contribution < -0.4 is 0 Å². The third-order valence-electron chi connectivity index (χ3n) is 7.75. The summed E-state index contributed by atoms with van der Waals surface area (Å²) in [4.78, 5) is 12.0. The Morgan fingerprint density at radius 3 is 2.05 bits per heavy atom. The van der Waals surface area contributed by atoms with Crippen LogP contribution in [0.2, 0.25) is 0 Å². The number of benzene rings is 1. The van der Waals surface area contributed by atoms with Gasteiger partial charge >= 0.3 is 5.97 Å². The molecule has 0 unspecified atom stereocenters. The first-order valence-corrected chi connectivity index (χ1v) is 13.7. The number of carboxylic acid groups (broad SMARTS) is 1. The number of aliphatic carboxylic acids is 1. The molecule has 2 saturated heterocycles. The Kier molecular flexibility index (Phi) is 10.9. The lowest BCUT2D eigenvalue weighted by molar-refractivity contribution is -0.345. The van der Waals surface area contributed by atoms with Crippen molar-refractivity contribution in [2.45, 2.75) is 119 Å². The quantitative estimate of drug-likeness (QED) is 0.174. The zero-order chi connectivity index (χ0) is 29.0. The van der Waals surface area contributed by atoms with Gasteiger partial charge in [0.15, 0.2) is 18.7 Å². The molecule has 1 aromatic carbocycles. The van der Waals surface area contributed by atoms with E-state index in [0.717, 1.165) is 12.8 Å². The lowest BCUT2D eigenvalue weighted by Gasteiger charge is -2.45. The number of rotatable bonds is 10. The zero-order valence-electron chi connectivity index (χ0n) is 22.2. The Hall–Kier alpha value is -1.75. The number of carbonyl (C=O) groups is 1. The van der Waals surface area contributed by atoms with Gasteiger partial charge in [0.2, 0.25) is 0 Å². The van der Waals surface area contributed by atoms with Crippen molar-refractivity contribution in [3.63, 3.8) is 0 Å². The fraction of sp³-hybridized carbons (Fsp3) is 0.741. The molecule has 40 heavy (non-hydrogen) atoms. The minimum absolute atomic E-state index is 0.0243. The monoisotopic (exact) mass is 572 g/mol. The maximum absolute atomic E-state index is 12.0. The second kappa shape index (κ2) is 13.9. The fourth-order valence-electron chi connectivity index (χ4n) is 5.38. The maximum atomic E-state index is 12.0. The molecule has 226 valence electrons. The van der Waals surface area contributed by atoms with Gasteiger partial charge < -0.3 is 59.4 Å². The Morgan fingerprint density at radius 1 is 0.875 bits per heavy atom. The van der Waals surface area contributed by atoms with Gasteiger partial charge in [0.05, 0.1) is 24.9 Å². The lowest BCUT2D eigenvalue weighted by Crippen LogP contribution is -2.62. The van der Waals surface area contributed by atoms with Crippen molar-refractivity contribution < 1.29 is 64.2 Å². The predicted molar refractivity (Wildman–Crippen MR) is 135 cm³/mol. The second-order valence-electron chi connectivity index (χ2n) is 10.6. The minimum Gasteiger partial charge on any atom is -0.479 e. The highest BCUT2D eigenvalue weighted by Crippen LogP contribution is 2.33. The molecule has 1 aliphatic carbocycles. The van der Waals surface area contributed by atoms with Gasteiger partial charge in [-0.3, -0.25) is 0 Å². The van der Waals surface area contributed by atoms with Gasteiger partial charge in [-0.05, 0) is 25.3 Å². The number of hydrogen-bond donors (Lipinski definition) is 7. The molecule has 4 rings (SSSR count). The van der Waals surface area contributed by atoms with E-state index >= 15 is 0 Å². The smallest absolute Gasteiger partial charge is 0.333 e. The Bertz CT molecular complexity index is 934. The van der Waals surface area contributed by atoms with Crippen LogP contribution in [0.3, 0.4) is 0 Å². The number of aliphatic hydroxyl groups is 6. The van der Waals surface area contributed by atoms with Gasteiger partial charge in [-0.2, -0.15) is 0 Å². The van der Waals surface area contributed by atoms with E-state index < -0.39 is 92.3 Å². The van der Waals surface area contributed by atoms with E-state index in [-0.39, 0.29) is 6.42 Å². The van der Waals surface area contributed by atoms with Crippen LogP contribution in [0.1, 0.15) is 38.2 Å². The Morgan fingerprint density at radius 2 is 1.48 bits per heavy atom. The van der Waals surface area contributed by atoms with Gasteiger partial charge in [-0.1, -0.05) is 43.2 Å². The third kappa shape index (κ3) is 7.17. The summed E-state index contributed by atoms with van der Waals surface area (Å²) < 4.78 is 29.0. The summed E-state index contributed by atoms with van der Waals surface area (Å²) in [5, 5.41) is 72.0.